The molecule has 0 aromatic rings. The van der Waals surface area contributed by atoms with Crippen molar-refractivity contribution in [3.8, 4) is 0 Å². The fourth-order valence-electron chi connectivity index (χ4n) is 3.95. The Morgan fingerprint density at radius 2 is 1.33 bits per heavy atom. The van der Waals surface area contributed by atoms with Gasteiger partial charge in [-0.3, -0.25) is 24.0 Å². The summed E-state index contributed by atoms with van der Waals surface area (Å²) in [6.07, 6.45) is 3.55. The van der Waals surface area contributed by atoms with Crippen molar-refractivity contribution >= 4 is 27.6 Å². The highest BCUT2D eigenvalue weighted by Gasteiger charge is 2.42. The molecule has 0 amide bonds. The fraction of sp³-hybridized carbons (Fsp3) is 0.882. The number of ether oxygens (including phenoxy) is 2. The minimum Gasteiger partial charge on any atom is -0.468 e. The van der Waals surface area contributed by atoms with Gasteiger partial charge in [0.25, 0.3) is 0 Å². The maximum absolute atomic E-state index is 13.9. The molecule has 0 bridgehead atoms. The summed E-state index contributed by atoms with van der Waals surface area (Å²) in [5, 5.41) is 0. The SMILES string of the molecule is COC(=O)C1CCCN1CP(=O)(CN1CCCC1C(=O)OC)O[Si](C)(C)C. The second kappa shape index (κ2) is 9.18. The van der Waals surface area contributed by atoms with Gasteiger partial charge in [-0.15, -0.1) is 0 Å². The summed E-state index contributed by atoms with van der Waals surface area (Å²) >= 11 is 0. The molecule has 2 saturated heterocycles. The highest BCUT2D eigenvalue weighted by atomic mass is 31.2. The fourth-order valence-corrected chi connectivity index (χ4v) is 10.3. The Kier molecular flexibility index (Phi) is 7.67. The van der Waals surface area contributed by atoms with Crippen molar-refractivity contribution in [1.82, 2.24) is 9.80 Å². The first-order chi connectivity index (χ1) is 12.6. The molecule has 2 aliphatic rings. The van der Waals surface area contributed by atoms with E-state index in [2.05, 4.69) is 0 Å². The molecule has 0 saturated carbocycles. The third-order valence-corrected chi connectivity index (χ3v) is 10.0. The average molecular weight is 421 g/mol. The number of rotatable bonds is 8. The summed E-state index contributed by atoms with van der Waals surface area (Å²) in [5.74, 6) is -0.582. The third-order valence-electron chi connectivity index (χ3n) is 4.91. The lowest BCUT2D eigenvalue weighted by molar-refractivity contribution is -0.146. The molecule has 2 aliphatic heterocycles. The van der Waals surface area contributed by atoms with Crippen LogP contribution in [0.25, 0.3) is 0 Å². The molecule has 0 aliphatic carbocycles. The van der Waals surface area contributed by atoms with Crippen LogP contribution in [0.2, 0.25) is 19.6 Å². The molecule has 156 valence electrons. The molecule has 0 spiro atoms. The van der Waals surface area contributed by atoms with E-state index in [1.54, 1.807) is 0 Å². The number of esters is 2. The topological polar surface area (TPSA) is 85.4 Å². The normalized spacial score (nSPS) is 26.7. The van der Waals surface area contributed by atoms with E-state index in [-0.39, 0.29) is 36.6 Å². The monoisotopic (exact) mass is 420 g/mol. The van der Waals surface area contributed by atoms with E-state index in [9.17, 15) is 14.2 Å². The number of carbonyl (C=O) groups is 2. The highest BCUT2D eigenvalue weighted by molar-refractivity contribution is 7.60. The molecule has 0 aromatic heterocycles. The first-order valence-electron chi connectivity index (χ1n) is 9.51. The molecule has 0 N–H and O–H groups in total. The van der Waals surface area contributed by atoms with Gasteiger partial charge in [-0.1, -0.05) is 0 Å². The quantitative estimate of drug-likeness (QED) is 0.336. The molecule has 2 atom stereocenters. The molecule has 2 rings (SSSR count). The zero-order chi connectivity index (χ0) is 20.2. The van der Waals surface area contributed by atoms with Crippen molar-refractivity contribution in [2.75, 3.05) is 39.9 Å². The van der Waals surface area contributed by atoms with Crippen molar-refractivity contribution in [3.63, 3.8) is 0 Å². The summed E-state index contributed by atoms with van der Waals surface area (Å²) in [6, 6.07) is -0.743. The molecule has 8 nitrogen and oxygen atoms in total. The van der Waals surface area contributed by atoms with Gasteiger partial charge in [0.15, 0.2) is 8.32 Å². The zero-order valence-corrected chi connectivity index (χ0v) is 19.0. The molecule has 2 heterocycles. The number of methoxy groups -OCH3 is 2. The van der Waals surface area contributed by atoms with Crippen molar-refractivity contribution in [2.24, 2.45) is 0 Å². The lowest BCUT2D eigenvalue weighted by Gasteiger charge is -2.35. The zero-order valence-electron chi connectivity index (χ0n) is 17.1. The molecular formula is C17H33N2O6PSi. The van der Waals surface area contributed by atoms with Crippen molar-refractivity contribution in [1.29, 1.82) is 0 Å². The van der Waals surface area contributed by atoms with E-state index in [0.717, 1.165) is 12.8 Å². The lowest BCUT2D eigenvalue weighted by Crippen LogP contribution is -2.42. The molecule has 0 radical (unpaired) electrons. The average Bonchev–Trinajstić information content (AvgIpc) is 3.20. The maximum atomic E-state index is 13.9. The predicted octanol–water partition coefficient (Wildman–Crippen LogP) is 2.31. The van der Waals surface area contributed by atoms with Crippen LogP contribution in [0.4, 0.5) is 0 Å². The van der Waals surface area contributed by atoms with Crippen LogP contribution in [-0.2, 0) is 27.8 Å². The standard InChI is InChI=1S/C17H33N2O6PSi/c1-23-16(20)14-8-6-10-18(14)12-26(22,25-27(3,4)5)13-19-11-7-9-15(19)17(21)24-2/h14-15H,6-13H2,1-5H3. The second-order valence-electron chi connectivity index (χ2n) is 8.29. The minimum absolute atomic E-state index is 0.210. The van der Waals surface area contributed by atoms with Crippen LogP contribution in [0.1, 0.15) is 25.7 Å². The Morgan fingerprint density at radius 3 is 1.67 bits per heavy atom. The molecule has 2 unspecified atom stereocenters. The van der Waals surface area contributed by atoms with Gasteiger partial charge < -0.3 is 13.7 Å². The van der Waals surface area contributed by atoms with Crippen LogP contribution < -0.4 is 0 Å². The number of carbonyl (C=O) groups excluding carboxylic acids is 2. The number of hydrogen-bond acceptors (Lipinski definition) is 8. The summed E-state index contributed by atoms with van der Waals surface area (Å²) in [5.41, 5.74) is 0. The third kappa shape index (κ3) is 6.12. The summed E-state index contributed by atoms with van der Waals surface area (Å²) in [4.78, 5) is 28.0. The van der Waals surface area contributed by atoms with Crippen molar-refractivity contribution < 1.29 is 27.8 Å². The van der Waals surface area contributed by atoms with Crippen LogP contribution in [0.3, 0.4) is 0 Å². The highest BCUT2D eigenvalue weighted by Crippen LogP contribution is 2.52. The first-order valence-corrected chi connectivity index (χ1v) is 14.9. The Hall–Kier alpha value is -0.733. The number of likely N-dealkylation sites (tertiary alicyclic amines) is 2. The Labute approximate surface area is 163 Å². The Morgan fingerprint density at radius 1 is 0.926 bits per heavy atom. The van der Waals surface area contributed by atoms with Gasteiger partial charge >= 0.3 is 11.9 Å². The van der Waals surface area contributed by atoms with E-state index in [0.29, 0.717) is 25.9 Å². The van der Waals surface area contributed by atoms with Gasteiger partial charge in [-0.2, -0.15) is 0 Å². The largest absolute Gasteiger partial charge is 0.468 e. The molecular weight excluding hydrogens is 387 g/mol. The van der Waals surface area contributed by atoms with E-state index < -0.39 is 15.7 Å². The Balaban J connectivity index is 2.18. The van der Waals surface area contributed by atoms with Gasteiger partial charge in [-0.25, -0.2) is 0 Å². The van der Waals surface area contributed by atoms with Crippen LogP contribution in [-0.4, -0.2) is 82.0 Å². The van der Waals surface area contributed by atoms with Gasteiger partial charge in [0.1, 0.15) is 12.1 Å². The van der Waals surface area contributed by atoms with E-state index in [1.807, 2.05) is 29.4 Å². The first kappa shape index (κ1) is 22.6. The summed E-state index contributed by atoms with van der Waals surface area (Å²) in [7, 11) is -2.46. The van der Waals surface area contributed by atoms with Gasteiger partial charge in [0, 0.05) is 0 Å². The smallest absolute Gasteiger partial charge is 0.323 e. The number of nitrogens with zero attached hydrogens (tertiary/aromatic N) is 2. The van der Waals surface area contributed by atoms with E-state index >= 15 is 0 Å². The Bertz CT molecular complexity index is 556. The number of hydrogen-bond donors (Lipinski definition) is 0. The van der Waals surface area contributed by atoms with Gasteiger partial charge in [0.05, 0.1) is 26.8 Å². The molecule has 2 fully saturated rings. The summed E-state index contributed by atoms with van der Waals surface area (Å²) < 4.78 is 29.9. The lowest BCUT2D eigenvalue weighted by atomic mass is 10.2. The summed E-state index contributed by atoms with van der Waals surface area (Å²) in [6.45, 7) is 7.40. The van der Waals surface area contributed by atoms with Crippen LogP contribution in [0, 0.1) is 0 Å². The van der Waals surface area contributed by atoms with Gasteiger partial charge in [0.2, 0.25) is 7.37 Å². The van der Waals surface area contributed by atoms with E-state index in [1.165, 1.54) is 14.2 Å². The molecule has 27 heavy (non-hydrogen) atoms. The minimum atomic E-state index is -3.12. The molecule has 10 heteroatoms. The maximum Gasteiger partial charge on any atom is 0.323 e. The van der Waals surface area contributed by atoms with Crippen molar-refractivity contribution in [2.45, 2.75) is 57.4 Å². The van der Waals surface area contributed by atoms with Crippen LogP contribution in [0.15, 0.2) is 0 Å². The van der Waals surface area contributed by atoms with Crippen LogP contribution in [0.5, 0.6) is 0 Å². The second-order valence-corrected chi connectivity index (χ2v) is 15.4. The van der Waals surface area contributed by atoms with Gasteiger partial charge in [-0.05, 0) is 58.4 Å². The molecule has 0 aromatic carbocycles. The van der Waals surface area contributed by atoms with Crippen LogP contribution >= 0.6 is 7.37 Å². The predicted molar refractivity (Wildman–Crippen MR) is 105 cm³/mol. The van der Waals surface area contributed by atoms with Crippen molar-refractivity contribution in [3.05, 3.63) is 0 Å². The van der Waals surface area contributed by atoms with E-state index in [4.69, 9.17) is 13.7 Å².